The molecule has 0 amide bonds. The highest BCUT2D eigenvalue weighted by molar-refractivity contribution is 6.04. The van der Waals surface area contributed by atoms with E-state index in [1.165, 1.54) is 12.1 Å². The molecule has 1 aliphatic heterocycles. The number of nitro benzene ring substituents is 1. The molecule has 0 radical (unpaired) electrons. The van der Waals surface area contributed by atoms with E-state index in [9.17, 15) is 19.7 Å². The fourth-order valence-electron chi connectivity index (χ4n) is 5.26. The van der Waals surface area contributed by atoms with Crippen LogP contribution < -0.4 is 5.32 Å². The molecule has 1 aromatic carbocycles. The van der Waals surface area contributed by atoms with E-state index in [1.807, 2.05) is 20.8 Å². The predicted octanol–water partition coefficient (Wildman–Crippen LogP) is 5.07. The first-order chi connectivity index (χ1) is 15.2. The van der Waals surface area contributed by atoms with Crippen LogP contribution in [-0.2, 0) is 14.3 Å². The number of nitrogens with one attached hydrogen (secondary N) is 1. The summed E-state index contributed by atoms with van der Waals surface area (Å²) in [4.78, 5) is 37.7. The number of rotatable bonds is 4. The Balaban J connectivity index is 1.79. The van der Waals surface area contributed by atoms with Crippen molar-refractivity contribution in [2.45, 2.75) is 77.7 Å². The Kier molecular flexibility index (Phi) is 5.93. The molecule has 0 aromatic heterocycles. The summed E-state index contributed by atoms with van der Waals surface area (Å²) < 4.78 is 5.88. The molecule has 0 saturated heterocycles. The Bertz CT molecular complexity index is 1030. The van der Waals surface area contributed by atoms with Crippen molar-refractivity contribution in [1.29, 1.82) is 0 Å². The summed E-state index contributed by atoms with van der Waals surface area (Å²) in [5.74, 6) is -1.15. The number of Topliss-reactive ketones (excluding diaryl/α,β-unsaturated/α-hetero) is 1. The fraction of sp³-hybridized carbons (Fsp3) is 0.520. The van der Waals surface area contributed by atoms with Crippen LogP contribution in [0.5, 0.6) is 0 Å². The third-order valence-electron chi connectivity index (χ3n) is 6.70. The lowest BCUT2D eigenvalue weighted by Crippen LogP contribution is -2.39. The number of nitro groups is 1. The van der Waals surface area contributed by atoms with E-state index in [0.29, 0.717) is 35.2 Å². The largest absolute Gasteiger partial charge is 0.459 e. The van der Waals surface area contributed by atoms with Crippen molar-refractivity contribution >= 4 is 17.4 Å². The number of hydrogen-bond donors (Lipinski definition) is 1. The van der Waals surface area contributed by atoms with Gasteiger partial charge in [-0.2, -0.15) is 0 Å². The molecule has 0 spiro atoms. The zero-order valence-corrected chi connectivity index (χ0v) is 18.9. The van der Waals surface area contributed by atoms with Crippen LogP contribution in [0.1, 0.15) is 77.2 Å². The molecule has 170 valence electrons. The highest BCUT2D eigenvalue weighted by Gasteiger charge is 2.43. The first-order valence-electron chi connectivity index (χ1n) is 11.4. The topological polar surface area (TPSA) is 98.5 Å². The molecule has 7 nitrogen and oxygen atoms in total. The van der Waals surface area contributed by atoms with Crippen LogP contribution in [0.2, 0.25) is 0 Å². The Hall–Kier alpha value is -2.96. The molecule has 0 bridgehead atoms. The Morgan fingerprint density at radius 1 is 1.19 bits per heavy atom. The van der Waals surface area contributed by atoms with Crippen molar-refractivity contribution in [2.24, 2.45) is 5.41 Å². The molecule has 3 aliphatic rings. The molecule has 1 N–H and O–H groups in total. The molecular weight excluding hydrogens is 408 g/mol. The molecule has 2 aliphatic carbocycles. The Morgan fingerprint density at radius 2 is 1.91 bits per heavy atom. The van der Waals surface area contributed by atoms with Crippen molar-refractivity contribution in [3.63, 3.8) is 0 Å². The molecule has 1 saturated carbocycles. The second-order valence-electron chi connectivity index (χ2n) is 9.95. The van der Waals surface area contributed by atoms with Gasteiger partial charge in [0.1, 0.15) is 6.10 Å². The molecule has 4 rings (SSSR count). The highest BCUT2D eigenvalue weighted by atomic mass is 16.6. The average molecular weight is 439 g/mol. The first-order valence-corrected chi connectivity index (χ1v) is 11.4. The summed E-state index contributed by atoms with van der Waals surface area (Å²) in [6.07, 6.45) is 5.80. The van der Waals surface area contributed by atoms with Crippen LogP contribution in [-0.4, -0.2) is 22.8 Å². The van der Waals surface area contributed by atoms with E-state index in [2.05, 4.69) is 5.32 Å². The number of benzene rings is 1. The van der Waals surface area contributed by atoms with Gasteiger partial charge in [0.05, 0.1) is 10.5 Å². The minimum Gasteiger partial charge on any atom is -0.459 e. The SMILES string of the molecule is CC1=C(C(=O)OC2CCCCC2)C(c2cccc([N+](=O)[O-])c2)C2=C(CC(C)(C)CC2=O)N1. The van der Waals surface area contributed by atoms with Gasteiger partial charge in [0.15, 0.2) is 5.78 Å². The molecule has 7 heteroatoms. The van der Waals surface area contributed by atoms with Gasteiger partial charge in [-0.05, 0) is 50.0 Å². The maximum atomic E-state index is 13.4. The zero-order valence-electron chi connectivity index (χ0n) is 18.9. The average Bonchev–Trinajstić information content (AvgIpc) is 2.72. The normalized spacial score (nSPS) is 23.5. The predicted molar refractivity (Wildman–Crippen MR) is 120 cm³/mol. The van der Waals surface area contributed by atoms with Gasteiger partial charge in [0.2, 0.25) is 0 Å². The molecule has 1 fully saturated rings. The van der Waals surface area contributed by atoms with Gasteiger partial charge in [0, 0.05) is 41.4 Å². The minimum absolute atomic E-state index is 0.0317. The van der Waals surface area contributed by atoms with Crippen molar-refractivity contribution in [1.82, 2.24) is 5.32 Å². The second kappa shape index (κ2) is 8.52. The van der Waals surface area contributed by atoms with Crippen LogP contribution in [0.4, 0.5) is 5.69 Å². The Morgan fingerprint density at radius 3 is 2.59 bits per heavy atom. The summed E-state index contributed by atoms with van der Waals surface area (Å²) >= 11 is 0. The lowest BCUT2D eigenvalue weighted by molar-refractivity contribution is -0.384. The number of ether oxygens (including phenoxy) is 1. The van der Waals surface area contributed by atoms with Gasteiger partial charge in [-0.3, -0.25) is 14.9 Å². The van der Waals surface area contributed by atoms with Gasteiger partial charge in [-0.25, -0.2) is 4.79 Å². The first kappa shape index (κ1) is 22.2. The van der Waals surface area contributed by atoms with E-state index in [0.717, 1.165) is 37.8 Å². The number of dihydropyridines is 1. The second-order valence-corrected chi connectivity index (χ2v) is 9.95. The number of esters is 1. The van der Waals surface area contributed by atoms with Crippen LogP contribution >= 0.6 is 0 Å². The van der Waals surface area contributed by atoms with Crippen LogP contribution in [0.3, 0.4) is 0 Å². The standard InChI is InChI=1S/C25H30N2O5/c1-15-21(24(29)32-18-10-5-4-6-11-18)22(16-8-7-9-17(12-16)27(30)31)23-19(26-15)13-25(2,3)14-20(23)28/h7-9,12,18,22,26H,4-6,10-11,13-14H2,1-3H3. The third-order valence-corrected chi connectivity index (χ3v) is 6.70. The molecule has 1 atom stereocenters. The van der Waals surface area contributed by atoms with Crippen molar-refractivity contribution < 1.29 is 19.2 Å². The van der Waals surface area contributed by atoms with Crippen molar-refractivity contribution in [2.75, 3.05) is 0 Å². The molecule has 32 heavy (non-hydrogen) atoms. The molecule has 1 unspecified atom stereocenters. The highest BCUT2D eigenvalue weighted by Crippen LogP contribution is 2.47. The summed E-state index contributed by atoms with van der Waals surface area (Å²) in [5.41, 5.74) is 2.66. The van der Waals surface area contributed by atoms with Gasteiger partial charge < -0.3 is 10.1 Å². The Labute approximate surface area is 188 Å². The van der Waals surface area contributed by atoms with Crippen molar-refractivity contribution in [3.05, 3.63) is 62.5 Å². The smallest absolute Gasteiger partial charge is 0.337 e. The van der Waals surface area contributed by atoms with Gasteiger partial charge in [-0.15, -0.1) is 0 Å². The van der Waals surface area contributed by atoms with Crippen LogP contribution in [0.25, 0.3) is 0 Å². The summed E-state index contributed by atoms with van der Waals surface area (Å²) in [6, 6.07) is 6.24. The number of hydrogen-bond acceptors (Lipinski definition) is 6. The summed E-state index contributed by atoms with van der Waals surface area (Å²) in [7, 11) is 0. The van der Waals surface area contributed by atoms with E-state index >= 15 is 0 Å². The quantitative estimate of drug-likeness (QED) is 0.400. The fourth-order valence-corrected chi connectivity index (χ4v) is 5.26. The third kappa shape index (κ3) is 4.33. The van der Waals surface area contributed by atoms with E-state index in [1.54, 1.807) is 12.1 Å². The number of allylic oxidation sites excluding steroid dienone is 3. The monoisotopic (exact) mass is 438 g/mol. The van der Waals surface area contributed by atoms with Crippen LogP contribution in [0.15, 0.2) is 46.8 Å². The maximum absolute atomic E-state index is 13.4. The molecule has 1 heterocycles. The van der Waals surface area contributed by atoms with Gasteiger partial charge >= 0.3 is 5.97 Å². The maximum Gasteiger partial charge on any atom is 0.337 e. The molecule has 1 aromatic rings. The number of carbonyl (C=O) groups excluding carboxylic acids is 2. The number of non-ortho nitro benzene ring substituents is 1. The summed E-state index contributed by atoms with van der Waals surface area (Å²) in [6.45, 7) is 5.91. The molecular formula is C25H30N2O5. The minimum atomic E-state index is -0.675. The summed E-state index contributed by atoms with van der Waals surface area (Å²) in [5, 5.41) is 14.7. The lowest BCUT2D eigenvalue weighted by Gasteiger charge is -2.39. The lowest BCUT2D eigenvalue weighted by atomic mass is 9.68. The van der Waals surface area contributed by atoms with Gasteiger partial charge in [0.25, 0.3) is 5.69 Å². The van der Waals surface area contributed by atoms with E-state index < -0.39 is 16.8 Å². The van der Waals surface area contributed by atoms with Gasteiger partial charge in [-0.1, -0.05) is 32.4 Å². The van der Waals surface area contributed by atoms with E-state index in [4.69, 9.17) is 4.74 Å². The van der Waals surface area contributed by atoms with E-state index in [-0.39, 0.29) is 23.0 Å². The number of ketones is 1. The number of nitrogens with zero attached hydrogens (tertiary/aromatic N) is 1. The van der Waals surface area contributed by atoms with Crippen molar-refractivity contribution in [3.8, 4) is 0 Å². The number of carbonyl (C=O) groups is 2. The van der Waals surface area contributed by atoms with Crippen LogP contribution in [0, 0.1) is 15.5 Å². The zero-order chi connectivity index (χ0) is 23.0.